The molecule has 0 unspecified atom stereocenters. The molecule has 2 saturated heterocycles. The first-order valence-corrected chi connectivity index (χ1v) is 19.6. The predicted molar refractivity (Wildman–Crippen MR) is 204 cm³/mol. The van der Waals surface area contributed by atoms with Gasteiger partial charge in [0.1, 0.15) is 40.8 Å². The maximum Gasteiger partial charge on any atom is 0.410 e. The Morgan fingerprint density at radius 3 is 2.38 bits per heavy atom. The molecule has 4 aliphatic rings. The highest BCUT2D eigenvalue weighted by Crippen LogP contribution is 2.41. The topological polar surface area (TPSA) is 277 Å². The summed E-state index contributed by atoms with van der Waals surface area (Å²) in [7, 11) is 0. The molecule has 23 heteroatoms. The van der Waals surface area contributed by atoms with E-state index in [0.29, 0.717) is 5.52 Å². The lowest BCUT2D eigenvalue weighted by Crippen LogP contribution is -2.71. The Hall–Kier alpha value is -6.23. The molecule has 0 radical (unpaired) electrons. The van der Waals surface area contributed by atoms with Gasteiger partial charge in [0.05, 0.1) is 11.2 Å². The number of piperazine rings is 1. The number of nitrogens with two attached hydrogens (primary N) is 1. The van der Waals surface area contributed by atoms with Crippen molar-refractivity contribution in [3.8, 4) is 0 Å². The summed E-state index contributed by atoms with van der Waals surface area (Å²) in [6.07, 6.45) is 2.10. The minimum absolute atomic E-state index is 0.00682. The van der Waals surface area contributed by atoms with Crippen LogP contribution in [0.3, 0.4) is 0 Å². The van der Waals surface area contributed by atoms with Crippen LogP contribution in [0.1, 0.15) is 48.8 Å². The second kappa shape index (κ2) is 15.3. The summed E-state index contributed by atoms with van der Waals surface area (Å²) < 4.78 is 22.6. The number of amides is 3. The van der Waals surface area contributed by atoms with Crippen LogP contribution in [0.15, 0.2) is 44.9 Å². The second-order valence-corrected chi connectivity index (χ2v) is 16.2. The molecule has 1 aliphatic carbocycles. The third kappa shape index (κ3) is 7.48. The largest absolute Gasteiger partial charge is 0.478 e. The van der Waals surface area contributed by atoms with E-state index in [1.807, 2.05) is 0 Å². The van der Waals surface area contributed by atoms with Crippen LogP contribution in [0, 0.1) is 5.82 Å². The Morgan fingerprint density at radius 2 is 1.78 bits per heavy atom. The number of carboxylic acid groups (broad SMARTS) is 3. The number of oxime groups is 1. The number of thioether (sulfide) groups is 1. The van der Waals surface area contributed by atoms with Gasteiger partial charge >= 0.3 is 24.0 Å². The SMILES string of the molecule is CC(C)(O/N=C(/C(=O)N[C@@H]1C(=O)N2C(C(=O)O)=C(COC(=O)N3CCN(c4cc5c(cc4F)c(=O)c(C(=O)O)cn5C4CC4)CC3)CS[C@H]12)c1csc(N)n1)C(=O)O. The van der Waals surface area contributed by atoms with Crippen LogP contribution < -0.4 is 21.4 Å². The lowest BCUT2D eigenvalue weighted by Gasteiger charge is -2.49. The number of nitrogen functional groups attached to an aromatic ring is 1. The van der Waals surface area contributed by atoms with Gasteiger partial charge in [0.2, 0.25) is 11.0 Å². The highest BCUT2D eigenvalue weighted by atomic mass is 32.2. The van der Waals surface area contributed by atoms with Gasteiger partial charge in [-0.3, -0.25) is 19.3 Å². The van der Waals surface area contributed by atoms with Gasteiger partial charge in [-0.05, 0) is 38.8 Å². The molecule has 3 aromatic rings. The molecule has 2 atom stereocenters. The highest BCUT2D eigenvalue weighted by molar-refractivity contribution is 8.00. The lowest BCUT2D eigenvalue weighted by atomic mass is 10.0. The Labute approximate surface area is 334 Å². The Kier molecular flexibility index (Phi) is 10.5. The van der Waals surface area contributed by atoms with E-state index in [4.69, 9.17) is 15.3 Å². The first-order valence-electron chi connectivity index (χ1n) is 17.7. The van der Waals surface area contributed by atoms with Gasteiger partial charge in [-0.1, -0.05) is 5.16 Å². The van der Waals surface area contributed by atoms with Gasteiger partial charge in [0.25, 0.3) is 11.8 Å². The summed E-state index contributed by atoms with van der Waals surface area (Å²) in [4.78, 5) is 101. The predicted octanol–water partition coefficient (Wildman–Crippen LogP) is 1.49. The van der Waals surface area contributed by atoms with Crippen molar-refractivity contribution >= 4 is 86.3 Å². The van der Waals surface area contributed by atoms with Crippen LogP contribution in [-0.2, 0) is 28.8 Å². The number of benzene rings is 1. The van der Waals surface area contributed by atoms with Crippen molar-refractivity contribution in [2.45, 2.75) is 49.7 Å². The minimum atomic E-state index is -1.83. The van der Waals surface area contributed by atoms with E-state index in [0.717, 1.165) is 46.9 Å². The summed E-state index contributed by atoms with van der Waals surface area (Å²) in [6.45, 7) is 2.52. The number of anilines is 2. The Morgan fingerprint density at radius 1 is 1.07 bits per heavy atom. The molecule has 7 rings (SSSR count). The Balaban J connectivity index is 0.990. The summed E-state index contributed by atoms with van der Waals surface area (Å²) in [5, 5.41) is 35.8. The minimum Gasteiger partial charge on any atom is -0.478 e. The number of carbonyl (C=O) groups is 6. The van der Waals surface area contributed by atoms with Crippen molar-refractivity contribution < 1.29 is 58.1 Å². The van der Waals surface area contributed by atoms with Crippen LogP contribution >= 0.6 is 23.1 Å². The highest BCUT2D eigenvalue weighted by Gasteiger charge is 2.54. The van der Waals surface area contributed by atoms with Crippen molar-refractivity contribution in [2.75, 3.05) is 49.2 Å². The van der Waals surface area contributed by atoms with Crippen LogP contribution in [0.5, 0.6) is 0 Å². The number of carbonyl (C=O) groups excluding carboxylic acids is 3. The molecule has 1 saturated carbocycles. The Bertz CT molecular complexity index is 2400. The van der Waals surface area contributed by atoms with E-state index in [1.165, 1.54) is 36.4 Å². The van der Waals surface area contributed by atoms with Crippen molar-refractivity contribution in [1.29, 1.82) is 0 Å². The summed E-state index contributed by atoms with van der Waals surface area (Å²) in [5.41, 5.74) is 2.47. The van der Waals surface area contributed by atoms with E-state index in [1.54, 1.807) is 9.47 Å². The molecule has 58 heavy (non-hydrogen) atoms. The number of aromatic carboxylic acids is 1. The molecule has 2 aromatic heterocycles. The third-order valence-electron chi connectivity index (χ3n) is 9.92. The zero-order chi connectivity index (χ0) is 41.8. The van der Waals surface area contributed by atoms with Crippen LogP contribution in [0.25, 0.3) is 10.9 Å². The lowest BCUT2D eigenvalue weighted by molar-refractivity contribution is -0.161. The number of fused-ring (bicyclic) bond motifs is 2. The number of β-lactam (4-membered cyclic amide) rings is 1. The van der Waals surface area contributed by atoms with Crippen molar-refractivity contribution in [3.05, 3.63) is 62.3 Å². The fourth-order valence-corrected chi connectivity index (χ4v) is 8.46. The fourth-order valence-electron chi connectivity index (χ4n) is 6.58. The summed E-state index contributed by atoms with van der Waals surface area (Å²) >= 11 is 2.09. The summed E-state index contributed by atoms with van der Waals surface area (Å²) in [5.74, 6) is -6.66. The number of thiazole rings is 1. The number of aromatic nitrogens is 2. The van der Waals surface area contributed by atoms with Gasteiger partial charge in [0.15, 0.2) is 10.8 Å². The zero-order valence-corrected chi connectivity index (χ0v) is 32.3. The van der Waals surface area contributed by atoms with Crippen molar-refractivity contribution in [1.82, 2.24) is 24.7 Å². The van der Waals surface area contributed by atoms with Gasteiger partial charge in [-0.25, -0.2) is 28.6 Å². The van der Waals surface area contributed by atoms with Crippen molar-refractivity contribution in [2.24, 2.45) is 5.16 Å². The number of rotatable bonds is 12. The fraction of sp³-hybridized carbons (Fsp3) is 0.400. The average molecular weight is 843 g/mol. The average Bonchev–Trinajstić information content (AvgIpc) is 3.94. The molecule has 6 N–H and O–H groups in total. The van der Waals surface area contributed by atoms with E-state index >= 15 is 4.39 Å². The number of pyridine rings is 1. The van der Waals surface area contributed by atoms with E-state index in [2.05, 4.69) is 15.5 Å². The number of nitrogens with one attached hydrogen (secondary N) is 1. The molecule has 1 aromatic carbocycles. The normalized spacial score (nSPS) is 19.7. The van der Waals surface area contributed by atoms with Crippen LogP contribution in [0.2, 0.25) is 0 Å². The van der Waals surface area contributed by atoms with Crippen molar-refractivity contribution in [3.63, 3.8) is 0 Å². The van der Waals surface area contributed by atoms with Crippen LogP contribution in [-0.4, -0.2) is 132 Å². The number of hydrogen-bond acceptors (Lipinski definition) is 15. The number of hydrogen-bond donors (Lipinski definition) is 5. The molecule has 3 fully saturated rings. The number of halogens is 1. The number of carboxylic acids is 3. The maximum absolute atomic E-state index is 15.4. The first-order chi connectivity index (χ1) is 27.5. The quantitative estimate of drug-likeness (QED) is 0.0982. The van der Waals surface area contributed by atoms with E-state index < -0.39 is 87.7 Å². The number of ether oxygens (including phenoxy) is 1. The molecule has 0 spiro atoms. The second-order valence-electron chi connectivity index (χ2n) is 14.2. The standard InChI is InChI=1S/C35H35FN8O12S2/c1-35(2,32(52)53)56-40-23(20-14-58-33(37)38-20)27(46)39-24-28(47)44-25(31(50)51)15(13-57-29(24)44)12-55-34(54)42-7-5-41(6-8-42)22-10-21-17(9-19(22)36)26(45)18(30(48)49)11-43(21)16-3-4-16/h9-11,14,16,24,29H,3-8,12-13H2,1-2H3,(H2,37,38)(H,39,46)(H,48,49)(H,50,51)(H,52,53)/b40-23+/t24-,29-/m1/s1. The zero-order valence-electron chi connectivity index (χ0n) is 30.7. The van der Waals surface area contributed by atoms with Gasteiger partial charge in [-0.2, -0.15) is 0 Å². The monoisotopic (exact) mass is 842 g/mol. The molecule has 20 nitrogen and oxygen atoms in total. The molecule has 0 bridgehead atoms. The van der Waals surface area contributed by atoms with Crippen LogP contribution in [0.4, 0.5) is 20.0 Å². The molecular formula is C35H35FN8O12S2. The summed E-state index contributed by atoms with van der Waals surface area (Å²) in [6, 6.07) is 1.35. The number of aliphatic carboxylic acids is 2. The molecular weight excluding hydrogens is 808 g/mol. The van der Waals surface area contributed by atoms with Gasteiger partial charge in [-0.15, -0.1) is 23.1 Å². The first kappa shape index (κ1) is 40.0. The maximum atomic E-state index is 15.4. The van der Waals surface area contributed by atoms with Gasteiger partial charge in [0, 0.05) is 60.5 Å². The van der Waals surface area contributed by atoms with E-state index in [-0.39, 0.29) is 65.4 Å². The molecule has 306 valence electrons. The molecule has 5 heterocycles. The smallest absolute Gasteiger partial charge is 0.410 e. The van der Waals surface area contributed by atoms with E-state index in [9.17, 15) is 48.9 Å². The molecule has 3 aliphatic heterocycles. The van der Waals surface area contributed by atoms with Gasteiger partial charge < -0.3 is 50.3 Å². The third-order valence-corrected chi connectivity index (χ3v) is 11.9. The number of nitrogens with zero attached hydrogens (tertiary/aromatic N) is 6. The molecule has 3 amide bonds.